The molecule has 1 N–H and O–H groups in total. The molecular weight excluding hydrogens is 383 g/mol. The first-order chi connectivity index (χ1) is 12.8. The lowest BCUT2D eigenvalue weighted by molar-refractivity contribution is -0.274. The lowest BCUT2D eigenvalue weighted by Crippen LogP contribution is -2.43. The highest BCUT2D eigenvalue weighted by Gasteiger charge is 2.42. The van der Waals surface area contributed by atoms with Crippen LogP contribution < -0.4 is 4.74 Å². The van der Waals surface area contributed by atoms with Crippen LogP contribution in [0.1, 0.15) is 32.8 Å². The van der Waals surface area contributed by atoms with Crippen LogP contribution in [0, 0.1) is 0 Å². The van der Waals surface area contributed by atoms with E-state index in [1.165, 1.54) is 12.1 Å². The maximum Gasteiger partial charge on any atom is 0.573 e. The second-order valence-corrected chi connectivity index (χ2v) is 7.35. The lowest BCUT2D eigenvalue weighted by Gasteiger charge is -2.26. The third-order valence-electron chi connectivity index (χ3n) is 3.82. The van der Waals surface area contributed by atoms with Gasteiger partial charge in [0.2, 0.25) is 0 Å². The number of hydrogen-bond donors (Lipinski definition) is 1. The van der Waals surface area contributed by atoms with Crippen molar-refractivity contribution in [3.8, 4) is 5.75 Å². The molecule has 0 aliphatic carbocycles. The normalized spacial score (nSPS) is 20.1. The predicted octanol–water partition coefficient (Wildman–Crippen LogP) is 3.56. The van der Waals surface area contributed by atoms with E-state index < -0.39 is 36.2 Å². The first-order valence-electron chi connectivity index (χ1n) is 8.53. The number of likely N-dealkylation sites (tertiary alicyclic amines) is 1. The zero-order chi connectivity index (χ0) is 21.1. The molecule has 156 valence electrons. The van der Waals surface area contributed by atoms with Crippen molar-refractivity contribution in [1.29, 1.82) is 0 Å². The quantitative estimate of drug-likeness (QED) is 0.806. The van der Waals surface area contributed by atoms with E-state index in [-0.39, 0.29) is 25.3 Å². The summed E-state index contributed by atoms with van der Waals surface area (Å²) in [4.78, 5) is 24.8. The van der Waals surface area contributed by atoms with Gasteiger partial charge in [-0.05, 0) is 38.5 Å². The monoisotopic (exact) mass is 405 g/mol. The van der Waals surface area contributed by atoms with E-state index in [4.69, 9.17) is 9.47 Å². The molecule has 0 bridgehead atoms. The zero-order valence-electron chi connectivity index (χ0n) is 15.7. The van der Waals surface area contributed by atoms with Crippen LogP contribution in [-0.4, -0.2) is 52.7 Å². The summed E-state index contributed by atoms with van der Waals surface area (Å²) >= 11 is 0. The summed E-state index contributed by atoms with van der Waals surface area (Å²) in [6, 6.07) is 4.08. The Hall–Kier alpha value is -2.49. The molecule has 0 saturated carbocycles. The van der Waals surface area contributed by atoms with Gasteiger partial charge in [-0.3, -0.25) is 4.90 Å². The van der Waals surface area contributed by atoms with Gasteiger partial charge in [0.25, 0.3) is 0 Å². The molecule has 0 aromatic heterocycles. The fraction of sp³-hybridized carbons (Fsp3) is 0.556. The number of halogens is 3. The highest BCUT2D eigenvalue weighted by molar-refractivity contribution is 5.81. The fourth-order valence-electron chi connectivity index (χ4n) is 2.68. The number of carbonyl (C=O) groups is 2. The molecule has 0 unspecified atom stereocenters. The van der Waals surface area contributed by atoms with E-state index in [1.54, 1.807) is 20.8 Å². The summed E-state index contributed by atoms with van der Waals surface area (Å²) in [6.07, 6.45) is -5.96. The lowest BCUT2D eigenvalue weighted by atomic mass is 10.2. The summed E-state index contributed by atoms with van der Waals surface area (Å²) in [5.74, 6) is -1.51. The van der Waals surface area contributed by atoms with Crippen LogP contribution in [0.25, 0.3) is 0 Å². The van der Waals surface area contributed by atoms with Gasteiger partial charge >= 0.3 is 18.4 Å². The molecule has 2 atom stereocenters. The smallest absolute Gasteiger partial charge is 0.480 e. The molecule has 2 rings (SSSR count). The number of benzene rings is 1. The van der Waals surface area contributed by atoms with Gasteiger partial charge in [0.15, 0.2) is 0 Å². The number of carboxylic acid groups (broad SMARTS) is 1. The molecule has 1 aromatic rings. The van der Waals surface area contributed by atoms with Crippen LogP contribution in [0.4, 0.5) is 18.0 Å². The predicted molar refractivity (Wildman–Crippen MR) is 90.7 cm³/mol. The Labute approximate surface area is 160 Å². The number of ether oxygens (including phenoxy) is 3. The molecule has 1 aliphatic heterocycles. The summed E-state index contributed by atoms with van der Waals surface area (Å²) in [6.45, 7) is 5.12. The van der Waals surface area contributed by atoms with Crippen molar-refractivity contribution in [3.05, 3.63) is 29.8 Å². The summed E-state index contributed by atoms with van der Waals surface area (Å²) < 4.78 is 51.2. The zero-order valence-corrected chi connectivity index (χ0v) is 15.7. The van der Waals surface area contributed by atoms with Crippen molar-refractivity contribution in [2.75, 3.05) is 6.54 Å². The second-order valence-electron chi connectivity index (χ2n) is 7.35. The molecule has 1 fully saturated rings. The molecule has 1 saturated heterocycles. The third kappa shape index (κ3) is 6.59. The molecule has 1 amide bonds. The van der Waals surface area contributed by atoms with Gasteiger partial charge in [-0.2, -0.15) is 0 Å². The number of carboxylic acids is 1. The highest BCUT2D eigenvalue weighted by atomic mass is 19.4. The molecule has 28 heavy (non-hydrogen) atoms. The summed E-state index contributed by atoms with van der Waals surface area (Å²) in [5, 5.41) is 9.35. The maximum atomic E-state index is 12.2. The van der Waals surface area contributed by atoms with Crippen molar-refractivity contribution in [1.82, 2.24) is 4.90 Å². The Morgan fingerprint density at radius 3 is 2.29 bits per heavy atom. The molecule has 0 radical (unpaired) electrons. The van der Waals surface area contributed by atoms with E-state index >= 15 is 0 Å². The van der Waals surface area contributed by atoms with Crippen molar-refractivity contribution < 1.29 is 42.1 Å². The summed E-state index contributed by atoms with van der Waals surface area (Å²) in [7, 11) is 0. The van der Waals surface area contributed by atoms with Crippen LogP contribution in [0.2, 0.25) is 0 Å². The average molecular weight is 405 g/mol. The van der Waals surface area contributed by atoms with Crippen molar-refractivity contribution >= 4 is 12.1 Å². The van der Waals surface area contributed by atoms with Gasteiger partial charge in [0, 0.05) is 6.42 Å². The van der Waals surface area contributed by atoms with Gasteiger partial charge < -0.3 is 19.3 Å². The van der Waals surface area contributed by atoms with Crippen molar-refractivity contribution in [2.24, 2.45) is 0 Å². The van der Waals surface area contributed by atoms with E-state index in [1.807, 2.05) is 0 Å². The number of nitrogens with zero attached hydrogens (tertiary/aromatic N) is 1. The minimum absolute atomic E-state index is 0.0428. The van der Waals surface area contributed by atoms with E-state index in [2.05, 4.69) is 4.74 Å². The molecule has 1 heterocycles. The average Bonchev–Trinajstić information content (AvgIpc) is 2.96. The van der Waals surface area contributed by atoms with Gasteiger partial charge in [-0.25, -0.2) is 9.59 Å². The minimum atomic E-state index is -4.77. The van der Waals surface area contributed by atoms with Gasteiger partial charge in [-0.15, -0.1) is 13.2 Å². The highest BCUT2D eigenvalue weighted by Crippen LogP contribution is 2.26. The number of aliphatic carboxylic acids is 1. The Morgan fingerprint density at radius 2 is 1.79 bits per heavy atom. The molecule has 1 aromatic carbocycles. The molecule has 7 nitrogen and oxygen atoms in total. The van der Waals surface area contributed by atoms with E-state index in [0.717, 1.165) is 17.0 Å². The second kappa shape index (κ2) is 8.26. The van der Waals surface area contributed by atoms with Gasteiger partial charge in [-0.1, -0.05) is 12.1 Å². The number of alkyl halides is 3. The first kappa shape index (κ1) is 21.8. The first-order valence-corrected chi connectivity index (χ1v) is 8.53. The van der Waals surface area contributed by atoms with Gasteiger partial charge in [0.1, 0.15) is 17.4 Å². The van der Waals surface area contributed by atoms with Crippen LogP contribution in [0.5, 0.6) is 5.75 Å². The van der Waals surface area contributed by atoms with Crippen LogP contribution in [-0.2, 0) is 20.9 Å². The third-order valence-corrected chi connectivity index (χ3v) is 3.82. The molecule has 0 spiro atoms. The summed E-state index contributed by atoms with van der Waals surface area (Å²) in [5.41, 5.74) is -0.184. The Morgan fingerprint density at radius 1 is 1.18 bits per heavy atom. The Balaban J connectivity index is 1.94. The minimum Gasteiger partial charge on any atom is -0.480 e. The SMILES string of the molecule is CC(C)(C)OC(=O)N1C[C@H](OCc2ccc(OC(F)(F)F)cc2)C[C@H]1C(=O)O. The van der Waals surface area contributed by atoms with Crippen LogP contribution in [0.15, 0.2) is 24.3 Å². The largest absolute Gasteiger partial charge is 0.573 e. The number of rotatable bonds is 5. The van der Waals surface area contributed by atoms with Crippen LogP contribution >= 0.6 is 0 Å². The number of carbonyl (C=O) groups excluding carboxylic acids is 1. The standard InChI is InChI=1S/C18H22F3NO6/c1-17(2,3)28-16(25)22-9-13(8-14(22)15(23)24)26-10-11-4-6-12(7-5-11)27-18(19,20)21/h4-7,13-14H,8-10H2,1-3H3,(H,23,24)/t13-,14+/m1/s1. The molecular formula is C18H22F3NO6. The molecule has 1 aliphatic rings. The van der Waals surface area contributed by atoms with Crippen molar-refractivity contribution in [2.45, 2.75) is 57.9 Å². The number of hydrogen-bond acceptors (Lipinski definition) is 5. The van der Waals surface area contributed by atoms with E-state index in [0.29, 0.717) is 5.56 Å². The van der Waals surface area contributed by atoms with Crippen LogP contribution in [0.3, 0.4) is 0 Å². The Kier molecular flexibility index (Phi) is 6.43. The topological polar surface area (TPSA) is 85.3 Å². The van der Waals surface area contributed by atoms with Crippen molar-refractivity contribution in [3.63, 3.8) is 0 Å². The van der Waals surface area contributed by atoms with E-state index in [9.17, 15) is 27.9 Å². The Bertz CT molecular complexity index is 699. The molecule has 10 heteroatoms. The van der Waals surface area contributed by atoms with Gasteiger partial charge in [0.05, 0.1) is 19.3 Å². The fourth-order valence-corrected chi connectivity index (χ4v) is 2.68. The maximum absolute atomic E-state index is 12.2. The number of amides is 1.